The van der Waals surface area contributed by atoms with Crippen molar-refractivity contribution < 1.29 is 4.79 Å². The van der Waals surface area contributed by atoms with Crippen LogP contribution in [0.4, 0.5) is 0 Å². The van der Waals surface area contributed by atoms with E-state index in [0.717, 1.165) is 32.5 Å². The van der Waals surface area contributed by atoms with E-state index in [-0.39, 0.29) is 5.91 Å². The van der Waals surface area contributed by atoms with Crippen LogP contribution in [-0.2, 0) is 4.79 Å². The van der Waals surface area contributed by atoms with E-state index < -0.39 is 0 Å². The molecule has 1 heterocycles. The van der Waals surface area contributed by atoms with Crippen LogP contribution in [0.15, 0.2) is 0 Å². The van der Waals surface area contributed by atoms with Gasteiger partial charge in [0, 0.05) is 19.0 Å². The van der Waals surface area contributed by atoms with Crippen LogP contribution in [0.25, 0.3) is 0 Å². The Labute approximate surface area is 98.8 Å². The van der Waals surface area contributed by atoms with Gasteiger partial charge in [-0.3, -0.25) is 4.79 Å². The lowest BCUT2D eigenvalue weighted by Crippen LogP contribution is -2.39. The Morgan fingerprint density at radius 1 is 1.44 bits per heavy atom. The Hall–Kier alpha value is -0.610. The van der Waals surface area contributed by atoms with E-state index in [2.05, 4.69) is 15.5 Å². The predicted molar refractivity (Wildman–Crippen MR) is 66.4 cm³/mol. The van der Waals surface area contributed by atoms with Gasteiger partial charge in [-0.25, -0.2) is 0 Å². The smallest absolute Gasteiger partial charge is 0.221 e. The highest BCUT2D eigenvalue weighted by atomic mass is 16.1. The van der Waals surface area contributed by atoms with Crippen molar-refractivity contribution >= 4 is 5.91 Å². The fourth-order valence-corrected chi connectivity index (χ4v) is 2.02. The molecule has 0 radical (unpaired) electrons. The number of carbonyl (C=O) groups excluding carboxylic acids is 1. The summed E-state index contributed by atoms with van der Waals surface area (Å²) in [7, 11) is 4.10. The first-order valence-electron chi connectivity index (χ1n) is 6.33. The molecule has 4 heteroatoms. The van der Waals surface area contributed by atoms with E-state index in [9.17, 15) is 4.79 Å². The summed E-state index contributed by atoms with van der Waals surface area (Å²) >= 11 is 0. The van der Waals surface area contributed by atoms with Gasteiger partial charge in [0.15, 0.2) is 0 Å². The van der Waals surface area contributed by atoms with Crippen LogP contribution in [0.5, 0.6) is 0 Å². The maximum absolute atomic E-state index is 11.6. The van der Waals surface area contributed by atoms with Crippen molar-refractivity contribution in [2.75, 3.05) is 33.7 Å². The molecule has 0 saturated carbocycles. The van der Waals surface area contributed by atoms with Gasteiger partial charge in [-0.05, 0) is 46.4 Å². The first-order chi connectivity index (χ1) is 7.68. The van der Waals surface area contributed by atoms with Gasteiger partial charge in [0.05, 0.1) is 0 Å². The fraction of sp³-hybridized carbons (Fsp3) is 0.917. The summed E-state index contributed by atoms with van der Waals surface area (Å²) in [6, 6.07) is 0.405. The summed E-state index contributed by atoms with van der Waals surface area (Å²) in [5, 5.41) is 6.37. The fourth-order valence-electron chi connectivity index (χ4n) is 2.02. The van der Waals surface area contributed by atoms with Gasteiger partial charge >= 0.3 is 0 Å². The SMILES string of the molecule is CN(C)CCCNC(=O)CC1CCCCN1. The van der Waals surface area contributed by atoms with Crippen LogP contribution < -0.4 is 10.6 Å². The Kier molecular flexibility index (Phi) is 6.42. The molecule has 0 aromatic carbocycles. The summed E-state index contributed by atoms with van der Waals surface area (Å²) in [5.41, 5.74) is 0. The molecule has 16 heavy (non-hydrogen) atoms. The highest BCUT2D eigenvalue weighted by molar-refractivity contribution is 5.76. The summed E-state index contributed by atoms with van der Waals surface area (Å²) < 4.78 is 0. The number of hydrogen-bond acceptors (Lipinski definition) is 3. The molecule has 0 spiro atoms. The Morgan fingerprint density at radius 2 is 2.25 bits per heavy atom. The standard InChI is InChI=1S/C12H25N3O/c1-15(2)9-5-8-14-12(16)10-11-6-3-4-7-13-11/h11,13H,3-10H2,1-2H3,(H,14,16). The van der Waals surface area contributed by atoms with Gasteiger partial charge in [0.25, 0.3) is 0 Å². The second-order valence-corrected chi connectivity index (χ2v) is 4.86. The van der Waals surface area contributed by atoms with Crippen LogP contribution in [0.2, 0.25) is 0 Å². The van der Waals surface area contributed by atoms with Crippen LogP contribution in [0.3, 0.4) is 0 Å². The molecule has 0 aromatic heterocycles. The molecule has 2 N–H and O–H groups in total. The molecule has 4 nitrogen and oxygen atoms in total. The second-order valence-electron chi connectivity index (χ2n) is 4.86. The maximum Gasteiger partial charge on any atom is 0.221 e. The molecule has 0 aromatic rings. The van der Waals surface area contributed by atoms with E-state index in [1.54, 1.807) is 0 Å². The lowest BCUT2D eigenvalue weighted by atomic mass is 10.0. The number of hydrogen-bond donors (Lipinski definition) is 2. The van der Waals surface area contributed by atoms with Crippen molar-refractivity contribution in [2.45, 2.75) is 38.1 Å². The van der Waals surface area contributed by atoms with Crippen LogP contribution in [-0.4, -0.2) is 50.6 Å². The molecular weight excluding hydrogens is 202 g/mol. The predicted octanol–water partition coefficient (Wildman–Crippen LogP) is 0.587. The number of nitrogens with one attached hydrogen (secondary N) is 2. The monoisotopic (exact) mass is 227 g/mol. The normalized spacial score (nSPS) is 21.1. The molecule has 1 unspecified atom stereocenters. The van der Waals surface area contributed by atoms with E-state index in [4.69, 9.17) is 0 Å². The zero-order valence-electron chi connectivity index (χ0n) is 10.6. The molecule has 1 atom stereocenters. The third kappa shape index (κ3) is 6.08. The zero-order valence-corrected chi connectivity index (χ0v) is 10.6. The van der Waals surface area contributed by atoms with Crippen molar-refractivity contribution in [3.63, 3.8) is 0 Å². The van der Waals surface area contributed by atoms with Crippen molar-refractivity contribution in [2.24, 2.45) is 0 Å². The molecule has 1 fully saturated rings. The first-order valence-corrected chi connectivity index (χ1v) is 6.33. The third-order valence-electron chi connectivity index (χ3n) is 2.95. The van der Waals surface area contributed by atoms with Crippen LogP contribution >= 0.6 is 0 Å². The van der Waals surface area contributed by atoms with Crippen molar-refractivity contribution in [3.8, 4) is 0 Å². The minimum Gasteiger partial charge on any atom is -0.356 e. The Morgan fingerprint density at radius 3 is 2.88 bits per heavy atom. The highest BCUT2D eigenvalue weighted by Gasteiger charge is 2.15. The zero-order chi connectivity index (χ0) is 11.8. The van der Waals surface area contributed by atoms with Crippen molar-refractivity contribution in [1.82, 2.24) is 15.5 Å². The first kappa shape index (κ1) is 13.5. The number of nitrogens with zero attached hydrogens (tertiary/aromatic N) is 1. The van der Waals surface area contributed by atoms with E-state index >= 15 is 0 Å². The van der Waals surface area contributed by atoms with Crippen molar-refractivity contribution in [3.05, 3.63) is 0 Å². The summed E-state index contributed by atoms with van der Waals surface area (Å²) in [6.45, 7) is 2.89. The Bertz CT molecular complexity index is 200. The molecule has 1 aliphatic rings. The number of carbonyl (C=O) groups is 1. The molecule has 1 amide bonds. The summed E-state index contributed by atoms with van der Waals surface area (Å²) in [4.78, 5) is 13.7. The van der Waals surface area contributed by atoms with Gasteiger partial charge in [0.1, 0.15) is 0 Å². The molecule has 1 rings (SSSR count). The van der Waals surface area contributed by atoms with Gasteiger partial charge in [-0.1, -0.05) is 6.42 Å². The average Bonchev–Trinajstić information content (AvgIpc) is 2.25. The molecule has 1 saturated heterocycles. The lowest BCUT2D eigenvalue weighted by molar-refractivity contribution is -0.121. The lowest BCUT2D eigenvalue weighted by Gasteiger charge is -2.22. The van der Waals surface area contributed by atoms with E-state index in [1.807, 2.05) is 14.1 Å². The van der Waals surface area contributed by atoms with E-state index in [0.29, 0.717) is 12.5 Å². The second kappa shape index (κ2) is 7.63. The third-order valence-corrected chi connectivity index (χ3v) is 2.95. The van der Waals surface area contributed by atoms with Gasteiger partial charge in [-0.15, -0.1) is 0 Å². The topological polar surface area (TPSA) is 44.4 Å². The minimum absolute atomic E-state index is 0.193. The quantitative estimate of drug-likeness (QED) is 0.653. The maximum atomic E-state index is 11.6. The number of rotatable bonds is 6. The summed E-state index contributed by atoms with van der Waals surface area (Å²) in [6.07, 6.45) is 5.32. The van der Waals surface area contributed by atoms with Crippen LogP contribution in [0.1, 0.15) is 32.1 Å². The molecule has 1 aliphatic heterocycles. The molecule has 94 valence electrons. The molecule has 0 aliphatic carbocycles. The van der Waals surface area contributed by atoms with Crippen molar-refractivity contribution in [1.29, 1.82) is 0 Å². The Balaban J connectivity index is 2.01. The molecule has 0 bridgehead atoms. The number of piperidine rings is 1. The van der Waals surface area contributed by atoms with Gasteiger partial charge < -0.3 is 15.5 Å². The van der Waals surface area contributed by atoms with Crippen LogP contribution in [0, 0.1) is 0 Å². The van der Waals surface area contributed by atoms with E-state index in [1.165, 1.54) is 12.8 Å². The molecular formula is C12H25N3O. The number of amides is 1. The average molecular weight is 227 g/mol. The largest absolute Gasteiger partial charge is 0.356 e. The highest BCUT2D eigenvalue weighted by Crippen LogP contribution is 2.09. The summed E-state index contributed by atoms with van der Waals surface area (Å²) in [5.74, 6) is 0.193. The van der Waals surface area contributed by atoms with Gasteiger partial charge in [-0.2, -0.15) is 0 Å². The van der Waals surface area contributed by atoms with Gasteiger partial charge in [0.2, 0.25) is 5.91 Å². The minimum atomic E-state index is 0.193.